The summed E-state index contributed by atoms with van der Waals surface area (Å²) >= 11 is 1.54. The highest BCUT2D eigenvalue weighted by Gasteiger charge is 2.26. The lowest BCUT2D eigenvalue weighted by Crippen LogP contribution is -2.50. The first-order valence-corrected chi connectivity index (χ1v) is 10.4. The van der Waals surface area contributed by atoms with E-state index in [1.807, 2.05) is 47.4 Å². The van der Waals surface area contributed by atoms with Crippen LogP contribution in [-0.4, -0.2) is 66.1 Å². The standard InChI is InChI=1S/C21H25N3O2S/c25-21(24-13-11-23(12-14-24)16-17-6-5-15-26-17)19-9-4-10-22-20(19)27-18-7-2-1-3-8-18/h1-4,7-10,17H,5-6,11-16H2/t17-/m0/s1. The molecule has 0 N–H and O–H groups in total. The number of carbonyl (C=O) groups excluding carboxylic acids is 1. The molecule has 2 aliphatic rings. The third kappa shape index (κ3) is 4.69. The van der Waals surface area contributed by atoms with Gasteiger partial charge in [0.05, 0.1) is 11.7 Å². The van der Waals surface area contributed by atoms with E-state index >= 15 is 0 Å². The minimum absolute atomic E-state index is 0.0818. The molecule has 0 radical (unpaired) electrons. The minimum Gasteiger partial charge on any atom is -0.377 e. The van der Waals surface area contributed by atoms with E-state index < -0.39 is 0 Å². The number of piperazine rings is 1. The van der Waals surface area contributed by atoms with Crippen molar-refractivity contribution < 1.29 is 9.53 Å². The lowest BCUT2D eigenvalue weighted by atomic mass is 10.2. The lowest BCUT2D eigenvalue weighted by molar-refractivity contribution is 0.0430. The summed E-state index contributed by atoms with van der Waals surface area (Å²) in [5.74, 6) is 0.0818. The second-order valence-corrected chi connectivity index (χ2v) is 8.06. The van der Waals surface area contributed by atoms with E-state index in [-0.39, 0.29) is 5.91 Å². The van der Waals surface area contributed by atoms with E-state index in [0.717, 1.165) is 55.7 Å². The average Bonchev–Trinajstić information content (AvgIpc) is 3.22. The van der Waals surface area contributed by atoms with Crippen molar-refractivity contribution in [1.29, 1.82) is 0 Å². The van der Waals surface area contributed by atoms with E-state index in [1.54, 1.807) is 18.0 Å². The molecule has 0 aliphatic carbocycles. The molecule has 3 heterocycles. The fraction of sp³-hybridized carbons (Fsp3) is 0.429. The topological polar surface area (TPSA) is 45.7 Å². The molecule has 1 aromatic heterocycles. The van der Waals surface area contributed by atoms with E-state index in [1.165, 1.54) is 6.42 Å². The maximum absolute atomic E-state index is 13.1. The first kappa shape index (κ1) is 18.5. The summed E-state index contributed by atoms with van der Waals surface area (Å²) in [6.07, 6.45) is 4.46. The summed E-state index contributed by atoms with van der Waals surface area (Å²) in [4.78, 5) is 23.0. The van der Waals surface area contributed by atoms with E-state index in [9.17, 15) is 4.79 Å². The zero-order chi connectivity index (χ0) is 18.5. The van der Waals surface area contributed by atoms with Crippen LogP contribution in [-0.2, 0) is 4.74 Å². The summed E-state index contributed by atoms with van der Waals surface area (Å²) in [6, 6.07) is 13.8. The lowest BCUT2D eigenvalue weighted by Gasteiger charge is -2.35. The Hall–Kier alpha value is -1.89. The van der Waals surface area contributed by atoms with Crippen LogP contribution in [0.1, 0.15) is 23.2 Å². The zero-order valence-corrected chi connectivity index (χ0v) is 16.2. The molecule has 27 heavy (non-hydrogen) atoms. The van der Waals surface area contributed by atoms with Gasteiger partial charge < -0.3 is 9.64 Å². The quantitative estimate of drug-likeness (QED) is 0.794. The van der Waals surface area contributed by atoms with Gasteiger partial charge in [0.25, 0.3) is 5.91 Å². The summed E-state index contributed by atoms with van der Waals surface area (Å²) in [7, 11) is 0. The second kappa shape index (κ2) is 8.87. The zero-order valence-electron chi connectivity index (χ0n) is 15.4. The summed E-state index contributed by atoms with van der Waals surface area (Å²) < 4.78 is 5.74. The Morgan fingerprint density at radius 3 is 2.67 bits per heavy atom. The van der Waals surface area contributed by atoms with Gasteiger partial charge in [0.2, 0.25) is 0 Å². The minimum atomic E-state index is 0.0818. The van der Waals surface area contributed by atoms with Crippen LogP contribution in [0, 0.1) is 0 Å². The predicted octanol–water partition coefficient (Wildman–Crippen LogP) is 3.17. The fourth-order valence-electron chi connectivity index (χ4n) is 3.62. The van der Waals surface area contributed by atoms with Crippen LogP contribution in [0.25, 0.3) is 0 Å². The van der Waals surface area contributed by atoms with Crippen molar-refractivity contribution in [3.05, 3.63) is 54.2 Å². The Labute approximate surface area is 164 Å². The summed E-state index contributed by atoms with van der Waals surface area (Å²) in [5, 5.41) is 0.774. The van der Waals surface area contributed by atoms with Crippen LogP contribution < -0.4 is 0 Å². The van der Waals surface area contributed by atoms with Crippen LogP contribution in [0.2, 0.25) is 0 Å². The van der Waals surface area contributed by atoms with Crippen LogP contribution in [0.15, 0.2) is 58.6 Å². The number of carbonyl (C=O) groups is 1. The first-order valence-electron chi connectivity index (χ1n) is 9.61. The molecule has 2 fully saturated rings. The maximum Gasteiger partial charge on any atom is 0.256 e. The van der Waals surface area contributed by atoms with Crippen molar-refractivity contribution >= 4 is 17.7 Å². The van der Waals surface area contributed by atoms with E-state index in [2.05, 4.69) is 9.88 Å². The Balaban J connectivity index is 1.38. The fourth-order valence-corrected chi connectivity index (χ4v) is 4.51. The molecule has 2 saturated heterocycles. The van der Waals surface area contributed by atoms with Gasteiger partial charge in [0, 0.05) is 50.4 Å². The highest BCUT2D eigenvalue weighted by molar-refractivity contribution is 7.99. The van der Waals surface area contributed by atoms with Gasteiger partial charge in [-0.3, -0.25) is 9.69 Å². The monoisotopic (exact) mass is 383 g/mol. The number of hydrogen-bond donors (Lipinski definition) is 0. The highest BCUT2D eigenvalue weighted by Crippen LogP contribution is 2.29. The van der Waals surface area contributed by atoms with E-state index in [0.29, 0.717) is 11.7 Å². The molecule has 0 unspecified atom stereocenters. The Kier molecular flexibility index (Phi) is 6.07. The number of nitrogens with zero attached hydrogens (tertiary/aromatic N) is 3. The number of benzene rings is 1. The van der Waals surface area contributed by atoms with Gasteiger partial charge in [-0.25, -0.2) is 4.98 Å². The average molecular weight is 384 g/mol. The van der Waals surface area contributed by atoms with Crippen LogP contribution in [0.4, 0.5) is 0 Å². The number of amides is 1. The number of rotatable bonds is 5. The molecular formula is C21H25N3O2S. The van der Waals surface area contributed by atoms with Crippen LogP contribution >= 0.6 is 11.8 Å². The van der Waals surface area contributed by atoms with E-state index in [4.69, 9.17) is 4.74 Å². The largest absolute Gasteiger partial charge is 0.377 e. The van der Waals surface area contributed by atoms with Crippen LogP contribution in [0.5, 0.6) is 0 Å². The maximum atomic E-state index is 13.1. The molecule has 1 atom stereocenters. The molecule has 1 aromatic carbocycles. The first-order chi connectivity index (χ1) is 13.3. The van der Waals surface area contributed by atoms with Crippen molar-refractivity contribution in [2.24, 2.45) is 0 Å². The molecule has 0 spiro atoms. The molecule has 1 amide bonds. The van der Waals surface area contributed by atoms with Crippen molar-refractivity contribution in [3.8, 4) is 0 Å². The van der Waals surface area contributed by atoms with Gasteiger partial charge in [-0.2, -0.15) is 0 Å². The molecule has 0 saturated carbocycles. The third-order valence-corrected chi connectivity index (χ3v) is 6.13. The summed E-state index contributed by atoms with van der Waals surface area (Å²) in [6.45, 7) is 5.22. The third-order valence-electron chi connectivity index (χ3n) is 5.10. The molecule has 2 aromatic rings. The smallest absolute Gasteiger partial charge is 0.256 e. The number of pyridine rings is 1. The van der Waals surface area contributed by atoms with Crippen molar-refractivity contribution in [2.75, 3.05) is 39.3 Å². The Bertz CT molecular complexity index is 757. The van der Waals surface area contributed by atoms with Crippen molar-refractivity contribution in [3.63, 3.8) is 0 Å². The molecular weight excluding hydrogens is 358 g/mol. The number of aromatic nitrogens is 1. The Morgan fingerprint density at radius 1 is 1.11 bits per heavy atom. The normalized spacial score (nSPS) is 20.7. The SMILES string of the molecule is O=C(c1cccnc1Sc1ccccc1)N1CCN(C[C@@H]2CCCO2)CC1. The van der Waals surface area contributed by atoms with Gasteiger partial charge in [0.1, 0.15) is 5.03 Å². The van der Waals surface area contributed by atoms with Gasteiger partial charge >= 0.3 is 0 Å². The number of ether oxygens (including phenoxy) is 1. The molecule has 0 bridgehead atoms. The van der Waals surface area contributed by atoms with Crippen molar-refractivity contribution in [1.82, 2.24) is 14.8 Å². The van der Waals surface area contributed by atoms with Gasteiger partial charge in [0.15, 0.2) is 0 Å². The predicted molar refractivity (Wildman–Crippen MR) is 106 cm³/mol. The van der Waals surface area contributed by atoms with Gasteiger partial charge in [-0.05, 0) is 37.1 Å². The molecule has 142 valence electrons. The molecule has 6 heteroatoms. The summed E-state index contributed by atoms with van der Waals surface area (Å²) in [5.41, 5.74) is 0.693. The molecule has 5 nitrogen and oxygen atoms in total. The highest BCUT2D eigenvalue weighted by atomic mass is 32.2. The van der Waals surface area contributed by atoms with Gasteiger partial charge in [-0.1, -0.05) is 30.0 Å². The van der Waals surface area contributed by atoms with Crippen molar-refractivity contribution in [2.45, 2.75) is 28.9 Å². The Morgan fingerprint density at radius 2 is 1.93 bits per heavy atom. The second-order valence-electron chi connectivity index (χ2n) is 7.00. The number of hydrogen-bond acceptors (Lipinski definition) is 5. The van der Waals surface area contributed by atoms with Gasteiger partial charge in [-0.15, -0.1) is 0 Å². The molecule has 4 rings (SSSR count). The van der Waals surface area contributed by atoms with Crippen LogP contribution in [0.3, 0.4) is 0 Å². The molecule has 2 aliphatic heterocycles.